The van der Waals surface area contributed by atoms with E-state index in [9.17, 15) is 4.79 Å². The van der Waals surface area contributed by atoms with Crippen LogP contribution >= 0.6 is 11.6 Å². The normalized spacial score (nSPS) is 14.3. The topological polar surface area (TPSA) is 63.1 Å². The van der Waals surface area contributed by atoms with Crippen molar-refractivity contribution in [1.29, 1.82) is 0 Å². The molecule has 4 rings (SSSR count). The molecule has 0 unspecified atom stereocenters. The molecule has 0 bridgehead atoms. The second-order valence-electron chi connectivity index (χ2n) is 6.93. The molecule has 1 fully saturated rings. The third-order valence-corrected chi connectivity index (χ3v) is 5.30. The van der Waals surface area contributed by atoms with Gasteiger partial charge < -0.3 is 5.32 Å². The number of nitrogens with one attached hydrogen (secondary N) is 1. The monoisotopic (exact) mass is 395 g/mol. The van der Waals surface area contributed by atoms with Crippen molar-refractivity contribution in [2.45, 2.75) is 25.9 Å². The average molecular weight is 396 g/mol. The van der Waals surface area contributed by atoms with Crippen molar-refractivity contribution in [2.24, 2.45) is 0 Å². The van der Waals surface area contributed by atoms with E-state index >= 15 is 0 Å². The summed E-state index contributed by atoms with van der Waals surface area (Å²) in [6.07, 6.45) is 4.12. The van der Waals surface area contributed by atoms with E-state index in [-0.39, 0.29) is 11.6 Å². The Labute approximate surface area is 169 Å². The van der Waals surface area contributed by atoms with Gasteiger partial charge in [-0.15, -0.1) is 5.10 Å². The van der Waals surface area contributed by atoms with Gasteiger partial charge in [0.2, 0.25) is 0 Å². The molecule has 1 saturated heterocycles. The molecule has 3 aromatic rings. The summed E-state index contributed by atoms with van der Waals surface area (Å²) in [5.74, 6) is -0.255. The lowest BCUT2D eigenvalue weighted by Gasteiger charge is -2.17. The maximum Gasteiger partial charge on any atom is 0.273 e. The van der Waals surface area contributed by atoms with Gasteiger partial charge in [0.15, 0.2) is 5.69 Å². The number of halogens is 1. The van der Waals surface area contributed by atoms with Crippen molar-refractivity contribution in [3.8, 4) is 5.69 Å². The first-order valence-electron chi connectivity index (χ1n) is 9.45. The van der Waals surface area contributed by atoms with E-state index in [4.69, 9.17) is 11.6 Å². The molecule has 144 valence electrons. The number of para-hydroxylation sites is 1. The largest absolute Gasteiger partial charge is 0.347 e. The van der Waals surface area contributed by atoms with Gasteiger partial charge in [0.05, 0.1) is 16.9 Å². The van der Waals surface area contributed by atoms with Gasteiger partial charge in [0.25, 0.3) is 5.91 Å². The Bertz CT molecular complexity index is 965. The number of amides is 1. The first kappa shape index (κ1) is 18.7. The Morgan fingerprint density at radius 1 is 1.04 bits per heavy atom. The van der Waals surface area contributed by atoms with Gasteiger partial charge in [-0.3, -0.25) is 9.69 Å². The van der Waals surface area contributed by atoms with E-state index in [1.807, 2.05) is 30.3 Å². The van der Waals surface area contributed by atoms with Crippen LogP contribution < -0.4 is 5.32 Å². The minimum absolute atomic E-state index is 0.255. The minimum Gasteiger partial charge on any atom is -0.347 e. The lowest BCUT2D eigenvalue weighted by molar-refractivity contribution is 0.0945. The Morgan fingerprint density at radius 2 is 1.75 bits per heavy atom. The molecule has 0 radical (unpaired) electrons. The second kappa shape index (κ2) is 8.54. The van der Waals surface area contributed by atoms with Crippen LogP contribution in [0.25, 0.3) is 5.69 Å². The van der Waals surface area contributed by atoms with Gasteiger partial charge in [-0.05, 0) is 49.2 Å². The molecular formula is C21H22ClN5O. The zero-order valence-electron chi connectivity index (χ0n) is 15.5. The number of hydrogen-bond acceptors (Lipinski definition) is 4. The SMILES string of the molecule is O=C(NCc1ccccc1CN1CCCC1)c1cn(-c2ccccc2Cl)nn1. The summed E-state index contributed by atoms with van der Waals surface area (Å²) in [6, 6.07) is 15.5. The molecule has 28 heavy (non-hydrogen) atoms. The van der Waals surface area contributed by atoms with Crippen LogP contribution in [0.5, 0.6) is 0 Å². The number of carbonyl (C=O) groups is 1. The number of rotatable bonds is 6. The summed E-state index contributed by atoms with van der Waals surface area (Å²) >= 11 is 6.18. The number of nitrogens with zero attached hydrogens (tertiary/aromatic N) is 4. The van der Waals surface area contributed by atoms with Crippen LogP contribution in [0.3, 0.4) is 0 Å². The molecule has 0 atom stereocenters. The molecule has 1 N–H and O–H groups in total. The fourth-order valence-electron chi connectivity index (χ4n) is 3.46. The van der Waals surface area contributed by atoms with Gasteiger partial charge >= 0.3 is 0 Å². The molecule has 1 aromatic heterocycles. The Hall–Kier alpha value is -2.70. The first-order chi connectivity index (χ1) is 13.7. The second-order valence-corrected chi connectivity index (χ2v) is 7.34. The van der Waals surface area contributed by atoms with Gasteiger partial charge in [-0.2, -0.15) is 0 Å². The summed E-state index contributed by atoms with van der Waals surface area (Å²) in [7, 11) is 0. The van der Waals surface area contributed by atoms with E-state index in [1.54, 1.807) is 12.3 Å². The fraction of sp³-hybridized carbons (Fsp3) is 0.286. The zero-order chi connectivity index (χ0) is 19.3. The number of benzene rings is 2. The van der Waals surface area contributed by atoms with Gasteiger partial charge in [-0.25, -0.2) is 4.68 Å². The predicted molar refractivity (Wildman–Crippen MR) is 108 cm³/mol. The van der Waals surface area contributed by atoms with Gasteiger partial charge in [0, 0.05) is 13.1 Å². The fourth-order valence-corrected chi connectivity index (χ4v) is 3.68. The average Bonchev–Trinajstić information content (AvgIpc) is 3.40. The smallest absolute Gasteiger partial charge is 0.273 e. The van der Waals surface area contributed by atoms with E-state index in [1.165, 1.54) is 23.1 Å². The van der Waals surface area contributed by atoms with Crippen molar-refractivity contribution in [2.75, 3.05) is 13.1 Å². The van der Waals surface area contributed by atoms with Crippen molar-refractivity contribution in [3.63, 3.8) is 0 Å². The van der Waals surface area contributed by atoms with Crippen LogP contribution in [0.15, 0.2) is 54.7 Å². The summed E-state index contributed by atoms with van der Waals surface area (Å²) in [4.78, 5) is 15.0. The van der Waals surface area contributed by atoms with Crippen molar-refractivity contribution in [1.82, 2.24) is 25.2 Å². The van der Waals surface area contributed by atoms with Crippen molar-refractivity contribution in [3.05, 3.63) is 76.6 Å². The van der Waals surface area contributed by atoms with Crippen LogP contribution in [0.4, 0.5) is 0 Å². The quantitative estimate of drug-likeness (QED) is 0.694. The van der Waals surface area contributed by atoms with E-state index in [2.05, 4.69) is 32.7 Å². The highest BCUT2D eigenvalue weighted by atomic mass is 35.5. The highest BCUT2D eigenvalue weighted by Crippen LogP contribution is 2.19. The van der Waals surface area contributed by atoms with Crippen LogP contribution in [-0.2, 0) is 13.1 Å². The molecule has 7 heteroatoms. The molecule has 2 heterocycles. The summed E-state index contributed by atoms with van der Waals surface area (Å²) in [5, 5.41) is 11.5. The lowest BCUT2D eigenvalue weighted by Crippen LogP contribution is -2.25. The van der Waals surface area contributed by atoms with E-state index in [0.29, 0.717) is 17.3 Å². The molecule has 1 aliphatic rings. The first-order valence-corrected chi connectivity index (χ1v) is 9.83. The van der Waals surface area contributed by atoms with Crippen molar-refractivity contribution < 1.29 is 4.79 Å². The number of likely N-dealkylation sites (tertiary alicyclic amines) is 1. The van der Waals surface area contributed by atoms with Gasteiger partial charge in [-0.1, -0.05) is 53.2 Å². The molecule has 0 spiro atoms. The molecule has 2 aromatic carbocycles. The standard InChI is InChI=1S/C21H22ClN5O/c22-18-9-3-4-10-20(18)27-15-19(24-25-27)21(28)23-13-16-7-1-2-8-17(16)14-26-11-5-6-12-26/h1-4,7-10,15H,5-6,11-14H2,(H,23,28). The summed E-state index contributed by atoms with van der Waals surface area (Å²) < 4.78 is 1.51. The van der Waals surface area contributed by atoms with Crippen LogP contribution in [-0.4, -0.2) is 38.9 Å². The third-order valence-electron chi connectivity index (χ3n) is 4.98. The summed E-state index contributed by atoms with van der Waals surface area (Å²) in [5.41, 5.74) is 3.33. The van der Waals surface area contributed by atoms with E-state index < -0.39 is 0 Å². The third kappa shape index (κ3) is 4.24. The Balaban J connectivity index is 1.42. The number of hydrogen-bond donors (Lipinski definition) is 1. The van der Waals surface area contributed by atoms with Crippen LogP contribution in [0.1, 0.15) is 34.5 Å². The maximum atomic E-state index is 12.5. The zero-order valence-corrected chi connectivity index (χ0v) is 16.3. The summed E-state index contributed by atoms with van der Waals surface area (Å²) in [6.45, 7) is 3.67. The molecule has 1 amide bonds. The van der Waals surface area contributed by atoms with Gasteiger partial charge in [0.1, 0.15) is 0 Å². The van der Waals surface area contributed by atoms with Crippen molar-refractivity contribution >= 4 is 17.5 Å². The molecule has 0 saturated carbocycles. The Kier molecular flexibility index (Phi) is 5.69. The van der Waals surface area contributed by atoms with E-state index in [0.717, 1.165) is 25.2 Å². The number of aromatic nitrogens is 3. The Morgan fingerprint density at radius 3 is 2.54 bits per heavy atom. The highest BCUT2D eigenvalue weighted by molar-refractivity contribution is 6.32. The predicted octanol–water partition coefficient (Wildman–Crippen LogP) is 3.45. The molecule has 6 nitrogen and oxygen atoms in total. The maximum absolute atomic E-state index is 12.5. The molecule has 0 aliphatic carbocycles. The van der Waals surface area contributed by atoms with Crippen LogP contribution in [0, 0.1) is 0 Å². The van der Waals surface area contributed by atoms with Crippen LogP contribution in [0.2, 0.25) is 5.02 Å². The molecule has 1 aliphatic heterocycles. The number of carbonyl (C=O) groups excluding carboxylic acids is 1. The minimum atomic E-state index is -0.255. The highest BCUT2D eigenvalue weighted by Gasteiger charge is 2.15. The molecular weight excluding hydrogens is 374 g/mol. The lowest BCUT2D eigenvalue weighted by atomic mass is 10.1.